The average Bonchev–Trinajstić information content (AvgIpc) is 3.09. The predicted octanol–water partition coefficient (Wildman–Crippen LogP) is 0.512. The van der Waals surface area contributed by atoms with E-state index in [1.54, 1.807) is 6.33 Å². The molecule has 2 aromatic rings. The quantitative estimate of drug-likeness (QED) is 0.858. The molecule has 2 heterocycles. The van der Waals surface area contributed by atoms with Gasteiger partial charge in [0.2, 0.25) is 5.91 Å². The standard InChI is InChI=1S/C16H18N4O4/c21-15(19-8-9-24-13(10-19)16(22)23)7-6-14-18-17-11-20(14)12-4-2-1-3-5-12/h1-5,11,13H,6-10H2,(H,22,23)/t13-/m0/s1. The second-order valence-electron chi connectivity index (χ2n) is 5.49. The van der Waals surface area contributed by atoms with Crippen LogP contribution in [0.5, 0.6) is 0 Å². The van der Waals surface area contributed by atoms with Gasteiger partial charge >= 0.3 is 5.97 Å². The van der Waals surface area contributed by atoms with Crippen molar-refractivity contribution >= 4 is 11.9 Å². The Hall–Kier alpha value is -2.74. The number of carbonyl (C=O) groups excluding carboxylic acids is 1. The van der Waals surface area contributed by atoms with Crippen LogP contribution in [0.15, 0.2) is 36.7 Å². The lowest BCUT2D eigenvalue weighted by Gasteiger charge is -2.30. The van der Waals surface area contributed by atoms with E-state index >= 15 is 0 Å². The number of carbonyl (C=O) groups is 2. The number of nitrogens with zero attached hydrogens (tertiary/aromatic N) is 4. The Morgan fingerprint density at radius 1 is 1.29 bits per heavy atom. The van der Waals surface area contributed by atoms with Crippen molar-refractivity contribution in [1.29, 1.82) is 0 Å². The van der Waals surface area contributed by atoms with Gasteiger partial charge in [-0.1, -0.05) is 18.2 Å². The SMILES string of the molecule is O=C(O)[C@@H]1CN(C(=O)CCc2nncn2-c2ccccc2)CCO1. The summed E-state index contributed by atoms with van der Waals surface area (Å²) in [6.07, 6.45) is 1.35. The highest BCUT2D eigenvalue weighted by Gasteiger charge is 2.28. The summed E-state index contributed by atoms with van der Waals surface area (Å²) < 4.78 is 6.97. The molecule has 0 radical (unpaired) electrons. The number of hydrogen-bond donors (Lipinski definition) is 1. The molecule has 0 bridgehead atoms. The van der Waals surface area contributed by atoms with Gasteiger partial charge in [-0.25, -0.2) is 4.79 Å². The molecule has 1 aliphatic rings. The minimum absolute atomic E-state index is 0.0829. The fraction of sp³-hybridized carbons (Fsp3) is 0.375. The molecule has 1 aromatic carbocycles. The molecular weight excluding hydrogens is 312 g/mol. The van der Waals surface area contributed by atoms with Gasteiger partial charge in [0.25, 0.3) is 0 Å². The zero-order valence-corrected chi connectivity index (χ0v) is 13.0. The van der Waals surface area contributed by atoms with Gasteiger partial charge in [-0.15, -0.1) is 10.2 Å². The van der Waals surface area contributed by atoms with E-state index in [1.807, 2.05) is 34.9 Å². The van der Waals surface area contributed by atoms with Crippen LogP contribution < -0.4 is 0 Å². The van der Waals surface area contributed by atoms with Gasteiger partial charge in [-0.2, -0.15) is 0 Å². The number of hydrogen-bond acceptors (Lipinski definition) is 5. The lowest BCUT2D eigenvalue weighted by atomic mass is 10.2. The van der Waals surface area contributed by atoms with Crippen LogP contribution in [0, 0.1) is 0 Å². The minimum Gasteiger partial charge on any atom is -0.479 e. The number of benzene rings is 1. The first-order valence-electron chi connectivity index (χ1n) is 7.71. The largest absolute Gasteiger partial charge is 0.479 e. The number of rotatable bonds is 5. The second-order valence-corrected chi connectivity index (χ2v) is 5.49. The highest BCUT2D eigenvalue weighted by Crippen LogP contribution is 2.12. The van der Waals surface area contributed by atoms with Crippen LogP contribution in [0.1, 0.15) is 12.2 Å². The highest BCUT2D eigenvalue weighted by atomic mass is 16.5. The summed E-state index contributed by atoms with van der Waals surface area (Å²) in [5.74, 6) is -0.457. The molecule has 24 heavy (non-hydrogen) atoms. The number of amides is 1. The Morgan fingerprint density at radius 3 is 2.83 bits per heavy atom. The molecule has 1 N–H and O–H groups in total. The lowest BCUT2D eigenvalue weighted by molar-refractivity contribution is -0.159. The molecule has 1 amide bonds. The number of aromatic nitrogens is 3. The maximum atomic E-state index is 12.3. The minimum atomic E-state index is -1.05. The van der Waals surface area contributed by atoms with Crippen molar-refractivity contribution in [2.45, 2.75) is 18.9 Å². The van der Waals surface area contributed by atoms with Crippen LogP contribution >= 0.6 is 0 Å². The van der Waals surface area contributed by atoms with Gasteiger partial charge in [0.15, 0.2) is 6.10 Å². The van der Waals surface area contributed by atoms with Crippen LogP contribution in [0.2, 0.25) is 0 Å². The first-order valence-corrected chi connectivity index (χ1v) is 7.71. The van der Waals surface area contributed by atoms with Crippen molar-refractivity contribution in [3.8, 4) is 5.69 Å². The molecule has 1 fully saturated rings. The number of para-hydroxylation sites is 1. The summed E-state index contributed by atoms with van der Waals surface area (Å²) in [4.78, 5) is 24.8. The van der Waals surface area contributed by atoms with Crippen molar-refractivity contribution in [1.82, 2.24) is 19.7 Å². The molecule has 0 aliphatic carbocycles. The Kier molecular flexibility index (Phi) is 4.85. The third kappa shape index (κ3) is 3.60. The Morgan fingerprint density at radius 2 is 2.08 bits per heavy atom. The van der Waals surface area contributed by atoms with E-state index in [0.717, 1.165) is 5.69 Å². The summed E-state index contributed by atoms with van der Waals surface area (Å²) in [5.41, 5.74) is 0.933. The van der Waals surface area contributed by atoms with Crippen LogP contribution in [-0.4, -0.2) is 62.4 Å². The zero-order chi connectivity index (χ0) is 16.9. The van der Waals surface area contributed by atoms with Crippen molar-refractivity contribution in [3.63, 3.8) is 0 Å². The molecule has 3 rings (SSSR count). The Balaban J connectivity index is 1.61. The van der Waals surface area contributed by atoms with E-state index in [4.69, 9.17) is 9.84 Å². The van der Waals surface area contributed by atoms with Gasteiger partial charge in [0, 0.05) is 25.1 Å². The van der Waals surface area contributed by atoms with Crippen molar-refractivity contribution < 1.29 is 19.4 Å². The number of carboxylic acids is 1. The summed E-state index contributed by atoms with van der Waals surface area (Å²) in [7, 11) is 0. The topological polar surface area (TPSA) is 97.5 Å². The fourth-order valence-corrected chi connectivity index (χ4v) is 2.64. The molecule has 8 nitrogen and oxygen atoms in total. The van der Waals surface area contributed by atoms with Crippen molar-refractivity contribution in [3.05, 3.63) is 42.5 Å². The molecule has 1 aromatic heterocycles. The number of carboxylic acid groups (broad SMARTS) is 1. The van der Waals surface area contributed by atoms with E-state index in [0.29, 0.717) is 18.8 Å². The van der Waals surface area contributed by atoms with E-state index in [1.165, 1.54) is 4.90 Å². The van der Waals surface area contributed by atoms with Gasteiger partial charge < -0.3 is 14.7 Å². The molecule has 1 aliphatic heterocycles. The average molecular weight is 330 g/mol. The first kappa shape index (κ1) is 16.1. The normalized spacial score (nSPS) is 17.7. The summed E-state index contributed by atoms with van der Waals surface area (Å²) in [6.45, 7) is 0.733. The maximum absolute atomic E-state index is 12.3. The Labute approximate surface area is 138 Å². The summed E-state index contributed by atoms with van der Waals surface area (Å²) >= 11 is 0. The van der Waals surface area contributed by atoms with Gasteiger partial charge in [-0.05, 0) is 12.1 Å². The smallest absolute Gasteiger partial charge is 0.334 e. The molecule has 0 spiro atoms. The number of morpholine rings is 1. The summed E-state index contributed by atoms with van der Waals surface area (Å²) in [5, 5.41) is 17.0. The van der Waals surface area contributed by atoms with E-state index in [-0.39, 0.29) is 25.5 Å². The van der Waals surface area contributed by atoms with Crippen LogP contribution in [0.3, 0.4) is 0 Å². The van der Waals surface area contributed by atoms with Crippen LogP contribution in [0.4, 0.5) is 0 Å². The van der Waals surface area contributed by atoms with E-state index in [9.17, 15) is 9.59 Å². The van der Waals surface area contributed by atoms with E-state index in [2.05, 4.69) is 10.2 Å². The third-order valence-corrected chi connectivity index (χ3v) is 3.91. The number of aliphatic carboxylic acids is 1. The first-order chi connectivity index (χ1) is 11.6. The molecule has 0 unspecified atom stereocenters. The molecule has 1 atom stereocenters. The van der Waals surface area contributed by atoms with Crippen LogP contribution in [0.25, 0.3) is 5.69 Å². The second kappa shape index (κ2) is 7.22. The Bertz CT molecular complexity index is 716. The number of aryl methyl sites for hydroxylation is 1. The summed E-state index contributed by atoms with van der Waals surface area (Å²) in [6, 6.07) is 9.64. The third-order valence-electron chi connectivity index (χ3n) is 3.91. The predicted molar refractivity (Wildman–Crippen MR) is 83.6 cm³/mol. The van der Waals surface area contributed by atoms with Crippen LogP contribution in [-0.2, 0) is 20.7 Å². The molecule has 1 saturated heterocycles. The zero-order valence-electron chi connectivity index (χ0n) is 13.0. The lowest BCUT2D eigenvalue weighted by Crippen LogP contribution is -2.48. The van der Waals surface area contributed by atoms with Gasteiger partial charge in [-0.3, -0.25) is 9.36 Å². The maximum Gasteiger partial charge on any atom is 0.334 e. The monoisotopic (exact) mass is 330 g/mol. The van der Waals surface area contributed by atoms with Gasteiger partial charge in [0.05, 0.1) is 13.2 Å². The molecular formula is C16H18N4O4. The molecule has 126 valence electrons. The van der Waals surface area contributed by atoms with Crippen molar-refractivity contribution in [2.75, 3.05) is 19.7 Å². The highest BCUT2D eigenvalue weighted by molar-refractivity contribution is 5.78. The van der Waals surface area contributed by atoms with E-state index < -0.39 is 12.1 Å². The molecule has 8 heteroatoms. The van der Waals surface area contributed by atoms with Gasteiger partial charge in [0.1, 0.15) is 12.2 Å². The number of ether oxygens (including phenoxy) is 1. The van der Waals surface area contributed by atoms with Crippen molar-refractivity contribution in [2.24, 2.45) is 0 Å². The fourth-order valence-electron chi connectivity index (χ4n) is 2.64. The molecule has 0 saturated carbocycles.